The van der Waals surface area contributed by atoms with E-state index >= 15 is 0 Å². The summed E-state index contributed by atoms with van der Waals surface area (Å²) in [7, 11) is 0. The second-order valence-corrected chi connectivity index (χ2v) is 7.22. The molecule has 2 amide bonds. The van der Waals surface area contributed by atoms with E-state index in [1.807, 2.05) is 13.8 Å². The Hall–Kier alpha value is -2.51. The summed E-state index contributed by atoms with van der Waals surface area (Å²) < 4.78 is 26.8. The zero-order valence-electron chi connectivity index (χ0n) is 15.4. The number of nitrogens with zero attached hydrogens (tertiary/aromatic N) is 1. The predicted octanol–water partition coefficient (Wildman–Crippen LogP) is 2.43. The van der Waals surface area contributed by atoms with E-state index in [0.717, 1.165) is 12.1 Å². The van der Waals surface area contributed by atoms with Gasteiger partial charge in [-0.05, 0) is 37.3 Å². The van der Waals surface area contributed by atoms with Crippen LogP contribution in [-0.2, 0) is 9.59 Å². The van der Waals surface area contributed by atoms with Gasteiger partial charge in [-0.2, -0.15) is 0 Å². The number of halogens is 2. The molecule has 0 spiro atoms. The third-order valence-electron chi connectivity index (χ3n) is 4.64. The Morgan fingerprint density at radius 2 is 1.85 bits per heavy atom. The van der Waals surface area contributed by atoms with Gasteiger partial charge < -0.3 is 15.3 Å². The molecule has 1 heterocycles. The molecule has 1 atom stereocenters. The summed E-state index contributed by atoms with van der Waals surface area (Å²) in [4.78, 5) is 37.4. The Bertz CT molecular complexity index is 716. The molecule has 27 heavy (non-hydrogen) atoms. The van der Waals surface area contributed by atoms with Gasteiger partial charge in [0.05, 0.1) is 5.56 Å². The number of nitrogens with one attached hydrogen (secondary N) is 1. The standard InChI is InChI=1S/C19H24F2N2O4/c1-11(2)9-16(19(26)27)22-17(24)12-5-7-23(8-6-12)18(25)14-4-3-13(20)10-15(14)21/h3-4,10-12,16H,5-9H2,1-2H3,(H,22,24)(H,26,27)/t16-/m0/s1. The first kappa shape index (κ1) is 20.8. The Morgan fingerprint density at radius 3 is 2.37 bits per heavy atom. The molecule has 1 saturated heterocycles. The first-order chi connectivity index (χ1) is 12.7. The van der Waals surface area contributed by atoms with E-state index in [2.05, 4.69) is 5.32 Å². The summed E-state index contributed by atoms with van der Waals surface area (Å²) in [6, 6.07) is 1.85. The lowest BCUT2D eigenvalue weighted by molar-refractivity contribution is -0.143. The van der Waals surface area contributed by atoms with Crippen molar-refractivity contribution in [1.82, 2.24) is 10.2 Å². The van der Waals surface area contributed by atoms with Crippen molar-refractivity contribution in [2.45, 2.75) is 39.2 Å². The van der Waals surface area contributed by atoms with Crippen molar-refractivity contribution in [3.05, 3.63) is 35.4 Å². The fraction of sp³-hybridized carbons (Fsp3) is 0.526. The van der Waals surface area contributed by atoms with Crippen LogP contribution >= 0.6 is 0 Å². The number of amides is 2. The summed E-state index contributed by atoms with van der Waals surface area (Å²) in [5, 5.41) is 11.8. The average molecular weight is 382 g/mol. The molecule has 0 radical (unpaired) electrons. The van der Waals surface area contributed by atoms with Crippen LogP contribution in [0.3, 0.4) is 0 Å². The predicted molar refractivity (Wildman–Crippen MR) is 94.0 cm³/mol. The smallest absolute Gasteiger partial charge is 0.326 e. The topological polar surface area (TPSA) is 86.7 Å². The minimum absolute atomic E-state index is 0.122. The maximum atomic E-state index is 13.8. The average Bonchev–Trinajstić information content (AvgIpc) is 2.60. The van der Waals surface area contributed by atoms with Gasteiger partial charge in [0.1, 0.15) is 17.7 Å². The van der Waals surface area contributed by atoms with Gasteiger partial charge in [0.15, 0.2) is 0 Å². The SMILES string of the molecule is CC(C)C[C@H](NC(=O)C1CCN(C(=O)c2ccc(F)cc2F)CC1)C(=O)O. The highest BCUT2D eigenvalue weighted by molar-refractivity contribution is 5.94. The maximum absolute atomic E-state index is 13.8. The number of piperidine rings is 1. The first-order valence-corrected chi connectivity index (χ1v) is 8.96. The lowest BCUT2D eigenvalue weighted by Crippen LogP contribution is -2.48. The molecule has 2 N–H and O–H groups in total. The van der Waals surface area contributed by atoms with Gasteiger partial charge >= 0.3 is 5.97 Å². The number of likely N-dealkylation sites (tertiary alicyclic amines) is 1. The summed E-state index contributed by atoms with van der Waals surface area (Å²) in [5.74, 6) is -3.92. The number of carbonyl (C=O) groups is 3. The summed E-state index contributed by atoms with van der Waals surface area (Å²) in [5.41, 5.74) is -0.206. The highest BCUT2D eigenvalue weighted by Gasteiger charge is 2.31. The molecule has 0 aliphatic carbocycles. The Balaban J connectivity index is 1.93. The molecule has 1 aliphatic heterocycles. The largest absolute Gasteiger partial charge is 0.480 e. The number of benzene rings is 1. The van der Waals surface area contributed by atoms with Crippen LogP contribution in [0.15, 0.2) is 18.2 Å². The van der Waals surface area contributed by atoms with Gasteiger partial charge in [0.2, 0.25) is 5.91 Å². The molecule has 1 fully saturated rings. The lowest BCUT2D eigenvalue weighted by atomic mass is 9.94. The molecule has 0 unspecified atom stereocenters. The van der Waals surface area contributed by atoms with Crippen LogP contribution in [0.25, 0.3) is 0 Å². The number of carbonyl (C=O) groups excluding carboxylic acids is 2. The van der Waals surface area contributed by atoms with Crippen LogP contribution in [0.4, 0.5) is 8.78 Å². The van der Waals surface area contributed by atoms with Crippen molar-refractivity contribution in [3.63, 3.8) is 0 Å². The molecule has 148 valence electrons. The second kappa shape index (κ2) is 8.92. The maximum Gasteiger partial charge on any atom is 0.326 e. The third-order valence-corrected chi connectivity index (χ3v) is 4.64. The van der Waals surface area contributed by atoms with Crippen LogP contribution in [0.5, 0.6) is 0 Å². The number of hydrogen-bond donors (Lipinski definition) is 2. The normalized spacial score (nSPS) is 16.3. The quantitative estimate of drug-likeness (QED) is 0.791. The van der Waals surface area contributed by atoms with Crippen molar-refractivity contribution >= 4 is 17.8 Å². The van der Waals surface area contributed by atoms with Gasteiger partial charge in [-0.3, -0.25) is 9.59 Å². The van der Waals surface area contributed by atoms with Crippen molar-refractivity contribution in [2.24, 2.45) is 11.8 Å². The summed E-state index contributed by atoms with van der Waals surface area (Å²) >= 11 is 0. The van der Waals surface area contributed by atoms with Gasteiger partial charge in [0, 0.05) is 25.1 Å². The molecule has 0 saturated carbocycles. The number of carboxylic acid groups (broad SMARTS) is 1. The van der Waals surface area contributed by atoms with Crippen molar-refractivity contribution < 1.29 is 28.3 Å². The monoisotopic (exact) mass is 382 g/mol. The fourth-order valence-electron chi connectivity index (χ4n) is 3.16. The second-order valence-electron chi connectivity index (χ2n) is 7.22. The minimum Gasteiger partial charge on any atom is -0.480 e. The van der Waals surface area contributed by atoms with Crippen LogP contribution < -0.4 is 5.32 Å². The van der Waals surface area contributed by atoms with Crippen LogP contribution in [0.1, 0.15) is 43.5 Å². The highest BCUT2D eigenvalue weighted by atomic mass is 19.1. The third kappa shape index (κ3) is 5.48. The Labute approximate surface area is 156 Å². The van der Waals surface area contributed by atoms with E-state index in [-0.39, 0.29) is 30.5 Å². The van der Waals surface area contributed by atoms with E-state index in [1.165, 1.54) is 4.90 Å². The van der Waals surface area contributed by atoms with Crippen molar-refractivity contribution in [1.29, 1.82) is 0 Å². The summed E-state index contributed by atoms with van der Waals surface area (Å²) in [6.45, 7) is 4.24. The molecule has 1 aromatic rings. The Kier molecular flexibility index (Phi) is 6.87. The van der Waals surface area contributed by atoms with Crippen molar-refractivity contribution in [3.8, 4) is 0 Å². The first-order valence-electron chi connectivity index (χ1n) is 8.96. The number of aliphatic carboxylic acids is 1. The van der Waals surface area contributed by atoms with Gasteiger partial charge in [-0.1, -0.05) is 13.8 Å². The minimum atomic E-state index is -1.07. The molecule has 1 aromatic carbocycles. The van der Waals surface area contributed by atoms with E-state index < -0.39 is 35.5 Å². The number of rotatable bonds is 6. The van der Waals surface area contributed by atoms with Gasteiger partial charge in [-0.15, -0.1) is 0 Å². The molecule has 1 aliphatic rings. The molecule has 6 nitrogen and oxygen atoms in total. The fourth-order valence-corrected chi connectivity index (χ4v) is 3.16. The number of carboxylic acids is 1. The van der Waals surface area contributed by atoms with Crippen molar-refractivity contribution in [2.75, 3.05) is 13.1 Å². The zero-order chi connectivity index (χ0) is 20.1. The lowest BCUT2D eigenvalue weighted by Gasteiger charge is -2.32. The van der Waals surface area contributed by atoms with Gasteiger partial charge in [0.25, 0.3) is 5.91 Å². The Morgan fingerprint density at radius 1 is 1.22 bits per heavy atom. The summed E-state index contributed by atoms with van der Waals surface area (Å²) in [6.07, 6.45) is 1.05. The van der Waals surface area contributed by atoms with E-state index in [9.17, 15) is 28.3 Å². The van der Waals surface area contributed by atoms with E-state index in [4.69, 9.17) is 0 Å². The van der Waals surface area contributed by atoms with Gasteiger partial charge in [-0.25, -0.2) is 13.6 Å². The highest BCUT2D eigenvalue weighted by Crippen LogP contribution is 2.21. The van der Waals surface area contributed by atoms with E-state index in [0.29, 0.717) is 25.3 Å². The van der Waals surface area contributed by atoms with Crippen LogP contribution in [0.2, 0.25) is 0 Å². The molecule has 8 heteroatoms. The van der Waals surface area contributed by atoms with Crippen LogP contribution in [0, 0.1) is 23.5 Å². The number of hydrogen-bond acceptors (Lipinski definition) is 3. The van der Waals surface area contributed by atoms with E-state index in [1.54, 1.807) is 0 Å². The zero-order valence-corrected chi connectivity index (χ0v) is 15.4. The molecular formula is C19H24F2N2O4. The molecular weight excluding hydrogens is 358 g/mol. The molecule has 2 rings (SSSR count). The molecule has 0 aromatic heterocycles. The molecule has 0 bridgehead atoms. The van der Waals surface area contributed by atoms with Crippen LogP contribution in [-0.4, -0.2) is 46.9 Å².